The van der Waals surface area contributed by atoms with Crippen LogP contribution in [0.15, 0.2) is 60.7 Å². The third-order valence-electron chi connectivity index (χ3n) is 6.33. The highest BCUT2D eigenvalue weighted by molar-refractivity contribution is 5.79. The Morgan fingerprint density at radius 2 is 1.68 bits per heavy atom. The van der Waals surface area contributed by atoms with E-state index >= 15 is 0 Å². The molecule has 2 saturated heterocycles. The van der Waals surface area contributed by atoms with Crippen LogP contribution in [-0.4, -0.2) is 66.4 Å². The van der Waals surface area contributed by atoms with Crippen molar-refractivity contribution in [3.8, 4) is 0 Å². The number of carbonyl (C=O) groups excluding carboxylic acids is 1. The smallest absolute Gasteiger partial charge is 0.227 e. The molecule has 0 spiro atoms. The number of benzene rings is 2. The van der Waals surface area contributed by atoms with Crippen molar-refractivity contribution in [1.29, 1.82) is 0 Å². The highest BCUT2D eigenvalue weighted by Crippen LogP contribution is 2.21. The second kappa shape index (κ2) is 10.7. The van der Waals surface area contributed by atoms with Gasteiger partial charge in [-0.05, 0) is 42.6 Å². The quantitative estimate of drug-likeness (QED) is 0.708. The predicted octanol–water partition coefficient (Wildman–Crippen LogP) is 3.90. The summed E-state index contributed by atoms with van der Waals surface area (Å²) in [5.74, 6) is 0.187. The molecular weight excluding hydrogens is 389 g/mol. The van der Waals surface area contributed by atoms with Crippen LogP contribution in [0.25, 0.3) is 6.08 Å². The first-order valence-electron chi connectivity index (χ1n) is 11.4. The van der Waals surface area contributed by atoms with Crippen LogP contribution in [0.1, 0.15) is 24.0 Å². The van der Waals surface area contributed by atoms with E-state index in [0.29, 0.717) is 5.91 Å². The molecule has 2 aliphatic heterocycles. The summed E-state index contributed by atoms with van der Waals surface area (Å²) in [6, 6.07) is 17.0. The monoisotopic (exact) mass is 421 g/mol. The normalized spacial score (nSPS) is 20.9. The standard InChI is InChI=1S/C26H32FN3O/c27-25-12-10-23(11-13-25)20-29-15-5-9-24(21-29)26(31)30-18-16-28(17-19-30)14-4-8-22-6-2-1-3-7-22/h1-4,6-8,10-13,24H,5,9,14-21H2/b8-4+. The maximum atomic E-state index is 13.1. The minimum atomic E-state index is -0.204. The van der Waals surface area contributed by atoms with Crippen LogP contribution in [0.5, 0.6) is 0 Å². The highest BCUT2D eigenvalue weighted by Gasteiger charge is 2.30. The molecule has 0 radical (unpaired) electrons. The van der Waals surface area contributed by atoms with Gasteiger partial charge >= 0.3 is 0 Å². The molecular formula is C26H32FN3O. The Kier molecular flexibility index (Phi) is 7.49. The van der Waals surface area contributed by atoms with Crippen molar-refractivity contribution < 1.29 is 9.18 Å². The van der Waals surface area contributed by atoms with Crippen molar-refractivity contribution in [3.63, 3.8) is 0 Å². The topological polar surface area (TPSA) is 26.8 Å². The Hall–Kier alpha value is -2.50. The van der Waals surface area contributed by atoms with Crippen molar-refractivity contribution in [3.05, 3.63) is 77.6 Å². The lowest BCUT2D eigenvalue weighted by molar-refractivity contribution is -0.139. The van der Waals surface area contributed by atoms with Crippen LogP contribution in [-0.2, 0) is 11.3 Å². The molecule has 2 fully saturated rings. The summed E-state index contributed by atoms with van der Waals surface area (Å²) in [4.78, 5) is 19.9. The van der Waals surface area contributed by atoms with Gasteiger partial charge in [-0.3, -0.25) is 14.6 Å². The Morgan fingerprint density at radius 3 is 2.42 bits per heavy atom. The Morgan fingerprint density at radius 1 is 0.935 bits per heavy atom. The average Bonchev–Trinajstić information content (AvgIpc) is 2.81. The number of halogens is 1. The minimum Gasteiger partial charge on any atom is -0.340 e. The van der Waals surface area contributed by atoms with Crippen LogP contribution in [0.4, 0.5) is 4.39 Å². The second-order valence-electron chi connectivity index (χ2n) is 8.64. The number of piperidine rings is 1. The fourth-order valence-electron chi connectivity index (χ4n) is 4.56. The van der Waals surface area contributed by atoms with Crippen LogP contribution in [0.2, 0.25) is 0 Å². The predicted molar refractivity (Wildman–Crippen MR) is 123 cm³/mol. The van der Waals surface area contributed by atoms with Gasteiger partial charge in [0.05, 0.1) is 5.92 Å². The van der Waals surface area contributed by atoms with Gasteiger partial charge in [0.1, 0.15) is 5.82 Å². The van der Waals surface area contributed by atoms with Gasteiger partial charge in [0, 0.05) is 45.8 Å². The summed E-state index contributed by atoms with van der Waals surface area (Å²) in [5, 5.41) is 0. The molecule has 164 valence electrons. The van der Waals surface area contributed by atoms with Gasteiger partial charge in [-0.1, -0.05) is 54.6 Å². The summed E-state index contributed by atoms with van der Waals surface area (Å²) >= 11 is 0. The van der Waals surface area contributed by atoms with Crippen LogP contribution < -0.4 is 0 Å². The van der Waals surface area contributed by atoms with Gasteiger partial charge in [-0.25, -0.2) is 4.39 Å². The molecule has 2 aromatic rings. The van der Waals surface area contributed by atoms with E-state index in [4.69, 9.17) is 0 Å². The molecule has 0 aliphatic carbocycles. The molecule has 1 atom stereocenters. The van der Waals surface area contributed by atoms with Gasteiger partial charge < -0.3 is 4.90 Å². The van der Waals surface area contributed by atoms with Crippen LogP contribution in [0.3, 0.4) is 0 Å². The van der Waals surface area contributed by atoms with E-state index in [1.54, 1.807) is 0 Å². The zero-order valence-corrected chi connectivity index (χ0v) is 18.1. The first-order chi connectivity index (χ1) is 15.2. The molecule has 2 aromatic carbocycles. The van der Waals surface area contributed by atoms with Gasteiger partial charge in [-0.2, -0.15) is 0 Å². The molecule has 31 heavy (non-hydrogen) atoms. The second-order valence-corrected chi connectivity index (χ2v) is 8.64. The summed E-state index contributed by atoms with van der Waals surface area (Å²) in [6.45, 7) is 6.99. The molecule has 1 unspecified atom stereocenters. The van der Waals surface area contributed by atoms with E-state index in [1.807, 2.05) is 18.2 Å². The molecule has 2 aliphatic rings. The van der Waals surface area contributed by atoms with E-state index in [9.17, 15) is 9.18 Å². The molecule has 5 heteroatoms. The zero-order valence-electron chi connectivity index (χ0n) is 18.1. The number of piperazine rings is 1. The number of nitrogens with zero attached hydrogens (tertiary/aromatic N) is 3. The lowest BCUT2D eigenvalue weighted by Gasteiger charge is -2.38. The van der Waals surface area contributed by atoms with E-state index in [0.717, 1.165) is 70.8 Å². The maximum Gasteiger partial charge on any atom is 0.227 e. The van der Waals surface area contributed by atoms with E-state index in [-0.39, 0.29) is 11.7 Å². The van der Waals surface area contributed by atoms with Crippen molar-refractivity contribution in [2.75, 3.05) is 45.8 Å². The number of carbonyl (C=O) groups is 1. The summed E-state index contributed by atoms with van der Waals surface area (Å²) in [5.41, 5.74) is 2.32. The van der Waals surface area contributed by atoms with Gasteiger partial charge in [-0.15, -0.1) is 0 Å². The number of hydrogen-bond acceptors (Lipinski definition) is 3. The van der Waals surface area contributed by atoms with E-state index in [2.05, 4.69) is 51.1 Å². The Bertz CT molecular complexity index is 860. The highest BCUT2D eigenvalue weighted by atomic mass is 19.1. The molecule has 0 saturated carbocycles. The molecule has 0 aromatic heterocycles. The fourth-order valence-corrected chi connectivity index (χ4v) is 4.56. The van der Waals surface area contributed by atoms with Crippen molar-refractivity contribution >= 4 is 12.0 Å². The summed E-state index contributed by atoms with van der Waals surface area (Å²) in [6.07, 6.45) is 6.39. The number of rotatable bonds is 6. The van der Waals surface area contributed by atoms with Crippen molar-refractivity contribution in [1.82, 2.24) is 14.7 Å². The van der Waals surface area contributed by atoms with E-state index in [1.165, 1.54) is 17.7 Å². The number of amides is 1. The lowest BCUT2D eigenvalue weighted by Crippen LogP contribution is -2.52. The number of hydrogen-bond donors (Lipinski definition) is 0. The zero-order chi connectivity index (χ0) is 21.5. The number of likely N-dealkylation sites (tertiary alicyclic amines) is 1. The third kappa shape index (κ3) is 6.25. The van der Waals surface area contributed by atoms with Crippen LogP contribution in [0, 0.1) is 11.7 Å². The minimum absolute atomic E-state index is 0.0822. The van der Waals surface area contributed by atoms with Gasteiger partial charge in [0.25, 0.3) is 0 Å². The summed E-state index contributed by atoms with van der Waals surface area (Å²) < 4.78 is 13.1. The Balaban J connectivity index is 1.22. The SMILES string of the molecule is O=C(C1CCCN(Cc2ccc(F)cc2)C1)N1CCN(C/C=C/c2ccccc2)CC1. The molecule has 2 heterocycles. The first-order valence-corrected chi connectivity index (χ1v) is 11.4. The van der Waals surface area contributed by atoms with Gasteiger partial charge in [0.2, 0.25) is 5.91 Å². The summed E-state index contributed by atoms with van der Waals surface area (Å²) in [7, 11) is 0. The Labute approximate surface area is 185 Å². The van der Waals surface area contributed by atoms with Crippen LogP contribution >= 0.6 is 0 Å². The largest absolute Gasteiger partial charge is 0.340 e. The maximum absolute atomic E-state index is 13.1. The molecule has 0 bridgehead atoms. The fraction of sp³-hybridized carbons (Fsp3) is 0.423. The third-order valence-corrected chi connectivity index (χ3v) is 6.33. The molecule has 4 nitrogen and oxygen atoms in total. The first kappa shape index (κ1) is 21.7. The lowest BCUT2D eigenvalue weighted by atomic mass is 9.95. The van der Waals surface area contributed by atoms with Crippen molar-refractivity contribution in [2.24, 2.45) is 5.92 Å². The van der Waals surface area contributed by atoms with Gasteiger partial charge in [0.15, 0.2) is 0 Å². The van der Waals surface area contributed by atoms with E-state index < -0.39 is 0 Å². The molecule has 1 amide bonds. The van der Waals surface area contributed by atoms with Crippen molar-refractivity contribution in [2.45, 2.75) is 19.4 Å². The average molecular weight is 422 g/mol. The molecule has 4 rings (SSSR count). The molecule has 0 N–H and O–H groups in total.